The third-order valence-corrected chi connectivity index (χ3v) is 4.38. The lowest BCUT2D eigenvalue weighted by atomic mass is 9.87. The molecule has 0 amide bonds. The third kappa shape index (κ3) is 3.47. The molecular formula is C17H22N4S. The number of rotatable bonds is 4. The van der Waals surface area contributed by atoms with E-state index in [0.29, 0.717) is 0 Å². The minimum atomic E-state index is 0.0742. The van der Waals surface area contributed by atoms with Gasteiger partial charge in [0.2, 0.25) is 0 Å². The van der Waals surface area contributed by atoms with E-state index in [1.807, 2.05) is 19.2 Å². The summed E-state index contributed by atoms with van der Waals surface area (Å²) < 4.78 is 0. The average molecular weight is 314 g/mol. The number of nitrogens with zero attached hydrogens (tertiary/aromatic N) is 4. The minimum Gasteiger partial charge on any atom is -0.324 e. The number of fused-ring (bicyclic) bond motifs is 1. The predicted molar refractivity (Wildman–Crippen MR) is 99.6 cm³/mol. The summed E-state index contributed by atoms with van der Waals surface area (Å²) in [5.74, 6) is 0.755. The molecule has 5 heteroatoms. The molecule has 4 nitrogen and oxygen atoms in total. The highest BCUT2D eigenvalue weighted by Crippen LogP contribution is 2.42. The largest absolute Gasteiger partial charge is 0.324 e. The molecule has 1 aromatic carbocycles. The normalized spacial score (nSPS) is 17.9. The van der Waals surface area contributed by atoms with E-state index in [1.165, 1.54) is 11.3 Å². The smallest absolute Gasteiger partial charge is 0.153 e. The van der Waals surface area contributed by atoms with E-state index in [2.05, 4.69) is 58.6 Å². The van der Waals surface area contributed by atoms with Crippen molar-refractivity contribution in [1.82, 2.24) is 0 Å². The van der Waals surface area contributed by atoms with Crippen LogP contribution in [0.3, 0.4) is 0 Å². The molecule has 0 saturated carbocycles. The molecule has 0 aromatic heterocycles. The van der Waals surface area contributed by atoms with E-state index < -0.39 is 0 Å². The van der Waals surface area contributed by atoms with Crippen molar-refractivity contribution in [2.75, 3.05) is 17.7 Å². The van der Waals surface area contributed by atoms with Crippen LogP contribution in [0.15, 0.2) is 51.3 Å². The van der Waals surface area contributed by atoms with Crippen LogP contribution in [0.4, 0.5) is 5.69 Å². The molecule has 0 bridgehead atoms. The lowest BCUT2D eigenvalue weighted by molar-refractivity contribution is 0.563. The van der Waals surface area contributed by atoms with Crippen molar-refractivity contribution in [3.63, 3.8) is 0 Å². The van der Waals surface area contributed by atoms with Crippen LogP contribution in [0.25, 0.3) is 0 Å². The Kier molecular flexibility index (Phi) is 5.19. The van der Waals surface area contributed by atoms with E-state index >= 15 is 0 Å². The molecule has 1 aliphatic rings. The number of anilines is 1. The van der Waals surface area contributed by atoms with Gasteiger partial charge in [-0.25, -0.2) is 9.98 Å². The van der Waals surface area contributed by atoms with Gasteiger partial charge in [-0.1, -0.05) is 32.0 Å². The molecule has 0 aliphatic carbocycles. The van der Waals surface area contributed by atoms with E-state index in [-0.39, 0.29) is 5.41 Å². The average Bonchev–Trinajstić information content (AvgIpc) is 2.78. The van der Waals surface area contributed by atoms with Gasteiger partial charge in [0, 0.05) is 17.6 Å². The molecule has 0 saturated heterocycles. The maximum absolute atomic E-state index is 4.48. The van der Waals surface area contributed by atoms with Crippen molar-refractivity contribution in [2.45, 2.75) is 26.2 Å². The highest BCUT2D eigenvalue weighted by molar-refractivity contribution is 8.13. The van der Waals surface area contributed by atoms with Crippen LogP contribution in [-0.2, 0) is 5.41 Å². The first-order valence-corrected chi connectivity index (χ1v) is 8.36. The van der Waals surface area contributed by atoms with Crippen LogP contribution in [-0.4, -0.2) is 30.9 Å². The molecule has 0 unspecified atom stereocenters. The van der Waals surface area contributed by atoms with Gasteiger partial charge in [0.25, 0.3) is 0 Å². The molecule has 22 heavy (non-hydrogen) atoms. The van der Waals surface area contributed by atoms with Crippen LogP contribution in [0.1, 0.15) is 26.3 Å². The Morgan fingerprint density at radius 2 is 2.09 bits per heavy atom. The summed E-state index contributed by atoms with van der Waals surface area (Å²) in [7, 11) is 0. The van der Waals surface area contributed by atoms with Gasteiger partial charge in [-0.15, -0.1) is 11.8 Å². The van der Waals surface area contributed by atoms with Crippen molar-refractivity contribution in [3.05, 3.63) is 41.8 Å². The molecule has 0 radical (unpaired) electrons. The molecule has 0 atom stereocenters. The van der Waals surface area contributed by atoms with Crippen molar-refractivity contribution in [3.8, 4) is 0 Å². The standard InChI is InChI=1S/C17H22N4S/c1-13(22-5)19-12-20-16(10-18-4)21-11-17(2,3)14-8-6-7-9-15(14)21/h6-10,12H,4,11H2,1-3,5H3/b16-10-,19-13+,20-12-. The van der Waals surface area contributed by atoms with Crippen molar-refractivity contribution in [2.24, 2.45) is 15.0 Å². The van der Waals surface area contributed by atoms with Crippen LogP contribution in [0, 0.1) is 0 Å². The Bertz CT molecular complexity index is 644. The minimum absolute atomic E-state index is 0.0742. The molecule has 0 N–H and O–H groups in total. The first kappa shape index (κ1) is 16.5. The van der Waals surface area contributed by atoms with Gasteiger partial charge in [0.1, 0.15) is 6.34 Å². The SMILES string of the molecule is C=N/C=C(/N=C\N=C(/C)SC)N1CC(C)(C)c2ccccc21. The maximum Gasteiger partial charge on any atom is 0.153 e. The summed E-state index contributed by atoms with van der Waals surface area (Å²) in [5, 5.41) is 0.969. The monoisotopic (exact) mass is 314 g/mol. The third-order valence-electron chi connectivity index (χ3n) is 3.69. The fourth-order valence-corrected chi connectivity index (χ4v) is 2.68. The molecule has 116 valence electrons. The van der Waals surface area contributed by atoms with Crippen molar-refractivity contribution >= 4 is 35.5 Å². The van der Waals surface area contributed by atoms with Gasteiger partial charge in [-0.05, 0) is 31.5 Å². The van der Waals surface area contributed by atoms with Crippen LogP contribution in [0.5, 0.6) is 0 Å². The molecule has 0 fully saturated rings. The van der Waals surface area contributed by atoms with E-state index in [0.717, 1.165) is 17.4 Å². The first-order chi connectivity index (χ1) is 10.5. The van der Waals surface area contributed by atoms with Gasteiger partial charge in [0.05, 0.1) is 11.2 Å². The Hall–Kier alpha value is -1.88. The summed E-state index contributed by atoms with van der Waals surface area (Å²) in [4.78, 5) is 14.8. The van der Waals surface area contributed by atoms with Gasteiger partial charge in [0.15, 0.2) is 5.82 Å². The Morgan fingerprint density at radius 3 is 2.77 bits per heavy atom. The molecule has 2 rings (SSSR count). The van der Waals surface area contributed by atoms with Gasteiger partial charge in [-0.3, -0.25) is 4.99 Å². The second kappa shape index (κ2) is 6.92. The number of hydrogen-bond donors (Lipinski definition) is 0. The topological polar surface area (TPSA) is 40.3 Å². The summed E-state index contributed by atoms with van der Waals surface area (Å²) >= 11 is 1.60. The zero-order chi connectivity index (χ0) is 16.2. The Morgan fingerprint density at radius 1 is 1.36 bits per heavy atom. The molecule has 1 heterocycles. The number of para-hydroxylation sites is 1. The molecule has 1 aromatic rings. The van der Waals surface area contributed by atoms with E-state index in [9.17, 15) is 0 Å². The quantitative estimate of drug-likeness (QED) is 0.620. The number of aliphatic imine (C=N–C) groups is 3. The van der Waals surface area contributed by atoms with Crippen molar-refractivity contribution in [1.29, 1.82) is 0 Å². The Balaban J connectivity index is 2.36. The Labute approximate surface area is 136 Å². The van der Waals surface area contributed by atoms with E-state index in [4.69, 9.17) is 0 Å². The maximum atomic E-state index is 4.48. The van der Waals surface area contributed by atoms with Gasteiger partial charge in [-0.2, -0.15) is 0 Å². The van der Waals surface area contributed by atoms with Crippen LogP contribution >= 0.6 is 11.8 Å². The number of hydrogen-bond acceptors (Lipinski definition) is 4. The van der Waals surface area contributed by atoms with Crippen LogP contribution < -0.4 is 4.90 Å². The summed E-state index contributed by atoms with van der Waals surface area (Å²) in [6.45, 7) is 10.9. The van der Waals surface area contributed by atoms with E-state index in [1.54, 1.807) is 24.3 Å². The lowest BCUT2D eigenvalue weighted by Crippen LogP contribution is -2.27. The second-order valence-corrected chi connectivity index (χ2v) is 6.75. The predicted octanol–water partition coefficient (Wildman–Crippen LogP) is 4.09. The van der Waals surface area contributed by atoms with Gasteiger partial charge < -0.3 is 4.90 Å². The van der Waals surface area contributed by atoms with Crippen molar-refractivity contribution < 1.29 is 0 Å². The fourth-order valence-electron chi connectivity index (χ4n) is 2.53. The highest BCUT2D eigenvalue weighted by atomic mass is 32.2. The molecular weight excluding hydrogens is 292 g/mol. The first-order valence-electron chi connectivity index (χ1n) is 7.13. The molecule has 0 spiro atoms. The second-order valence-electron chi connectivity index (χ2n) is 5.75. The lowest BCUT2D eigenvalue weighted by Gasteiger charge is -2.22. The highest BCUT2D eigenvalue weighted by Gasteiger charge is 2.36. The fraction of sp³-hybridized carbons (Fsp3) is 0.353. The van der Waals surface area contributed by atoms with Crippen LogP contribution in [0.2, 0.25) is 0 Å². The number of thioether (sulfide) groups is 1. The summed E-state index contributed by atoms with van der Waals surface area (Å²) in [5.41, 5.74) is 2.57. The summed E-state index contributed by atoms with van der Waals surface area (Å²) in [6.07, 6.45) is 5.25. The van der Waals surface area contributed by atoms with Gasteiger partial charge >= 0.3 is 0 Å². The zero-order valence-electron chi connectivity index (χ0n) is 13.6. The number of benzene rings is 1. The zero-order valence-corrected chi connectivity index (χ0v) is 14.4. The summed E-state index contributed by atoms with van der Waals surface area (Å²) in [6, 6.07) is 8.42. The molecule has 1 aliphatic heterocycles.